The van der Waals surface area contributed by atoms with Crippen LogP contribution in [-0.2, 0) is 25.5 Å². The summed E-state index contributed by atoms with van der Waals surface area (Å²) in [6.07, 6.45) is 0.352. The van der Waals surface area contributed by atoms with Gasteiger partial charge in [0, 0.05) is 13.1 Å². The van der Waals surface area contributed by atoms with Gasteiger partial charge in [0.1, 0.15) is 0 Å². The molecule has 0 bridgehead atoms. The van der Waals surface area contributed by atoms with Gasteiger partial charge in [-0.05, 0) is 6.42 Å². The highest BCUT2D eigenvalue weighted by Gasteiger charge is 1.99. The molecule has 9 heteroatoms. The molecule has 0 aromatic heterocycles. The lowest BCUT2D eigenvalue weighted by molar-refractivity contribution is 0.0505. The summed E-state index contributed by atoms with van der Waals surface area (Å²) in [5, 5.41) is 2.54. The molecule has 0 spiro atoms. The Hall–Kier alpha value is -0.740. The van der Waals surface area contributed by atoms with E-state index in [2.05, 4.69) is 10.0 Å². The van der Waals surface area contributed by atoms with Crippen molar-refractivity contribution in [3.63, 3.8) is 0 Å². The van der Waals surface area contributed by atoms with Gasteiger partial charge >= 0.3 is 6.09 Å². The number of nitrogens with one attached hydrogen (secondary N) is 2. The van der Waals surface area contributed by atoms with Crippen molar-refractivity contribution in [2.75, 3.05) is 46.1 Å². The first-order valence-corrected chi connectivity index (χ1v) is 7.18. The molecule has 8 nitrogen and oxygen atoms in total. The summed E-state index contributed by atoms with van der Waals surface area (Å²) in [4.78, 5) is 11.0. The summed E-state index contributed by atoms with van der Waals surface area (Å²) in [5.41, 5.74) is 0. The van der Waals surface area contributed by atoms with E-state index in [0.717, 1.165) is 6.42 Å². The van der Waals surface area contributed by atoms with E-state index in [9.17, 15) is 9.00 Å². The summed E-state index contributed by atoms with van der Waals surface area (Å²) in [7, 11) is 0. The van der Waals surface area contributed by atoms with E-state index in [1.807, 2.05) is 6.92 Å². The highest BCUT2D eigenvalue weighted by Crippen LogP contribution is 1.82. The topological polar surface area (TPSA) is 106 Å². The Kier molecular flexibility index (Phi) is 13.2. The second kappa shape index (κ2) is 13.7. The normalized spacial score (nSPS) is 12.1. The van der Waals surface area contributed by atoms with Gasteiger partial charge in [-0.3, -0.25) is 4.55 Å². The maximum Gasteiger partial charge on any atom is 0.407 e. The predicted molar refractivity (Wildman–Crippen MR) is 70.1 cm³/mol. The molecule has 0 aromatic rings. The smallest absolute Gasteiger partial charge is 0.407 e. The highest BCUT2D eigenvalue weighted by atomic mass is 32.2. The number of hydrogen-bond acceptors (Lipinski definition) is 5. The monoisotopic (exact) mass is 298 g/mol. The molecular weight excluding hydrogens is 276 g/mol. The molecular formula is C10H22N2O6S. The average Bonchev–Trinajstić information content (AvgIpc) is 2.38. The summed E-state index contributed by atoms with van der Waals surface area (Å²) in [6, 6.07) is 0. The molecule has 0 aromatic carbocycles. The molecule has 3 N–H and O–H groups in total. The van der Waals surface area contributed by atoms with Gasteiger partial charge in [0.15, 0.2) is 0 Å². The van der Waals surface area contributed by atoms with Crippen molar-refractivity contribution in [1.29, 1.82) is 0 Å². The van der Waals surface area contributed by atoms with Crippen LogP contribution in [0.4, 0.5) is 4.79 Å². The fourth-order valence-corrected chi connectivity index (χ4v) is 1.25. The first kappa shape index (κ1) is 18.3. The van der Waals surface area contributed by atoms with E-state index in [-0.39, 0.29) is 0 Å². The van der Waals surface area contributed by atoms with Crippen molar-refractivity contribution in [2.24, 2.45) is 0 Å². The Morgan fingerprint density at radius 1 is 1.11 bits per heavy atom. The van der Waals surface area contributed by atoms with Gasteiger partial charge in [-0.15, -0.1) is 0 Å². The molecule has 0 fully saturated rings. The number of hydrogen-bond donors (Lipinski definition) is 3. The molecule has 1 amide bonds. The Morgan fingerprint density at radius 2 is 1.74 bits per heavy atom. The third kappa shape index (κ3) is 15.2. The lowest BCUT2D eigenvalue weighted by atomic mass is 10.5. The third-order valence-corrected chi connectivity index (χ3v) is 2.25. The van der Waals surface area contributed by atoms with E-state index in [1.54, 1.807) is 0 Å². The second-order valence-corrected chi connectivity index (χ2v) is 4.22. The van der Waals surface area contributed by atoms with Gasteiger partial charge in [0.05, 0.1) is 33.0 Å². The molecule has 19 heavy (non-hydrogen) atoms. The zero-order valence-corrected chi connectivity index (χ0v) is 11.9. The fraction of sp³-hybridized carbons (Fsp3) is 0.900. The van der Waals surface area contributed by atoms with E-state index >= 15 is 0 Å². The second-order valence-electron chi connectivity index (χ2n) is 3.43. The molecule has 1 atom stereocenters. The van der Waals surface area contributed by atoms with E-state index in [0.29, 0.717) is 46.1 Å². The van der Waals surface area contributed by atoms with Crippen LogP contribution in [0.2, 0.25) is 0 Å². The van der Waals surface area contributed by atoms with Crippen molar-refractivity contribution in [3.8, 4) is 0 Å². The van der Waals surface area contributed by atoms with Crippen molar-refractivity contribution >= 4 is 17.4 Å². The van der Waals surface area contributed by atoms with Crippen LogP contribution in [0.25, 0.3) is 0 Å². The predicted octanol–water partition coefficient (Wildman–Crippen LogP) is -0.118. The fourth-order valence-electron chi connectivity index (χ4n) is 0.994. The highest BCUT2D eigenvalue weighted by molar-refractivity contribution is 7.77. The van der Waals surface area contributed by atoms with Crippen molar-refractivity contribution in [2.45, 2.75) is 13.3 Å². The summed E-state index contributed by atoms with van der Waals surface area (Å²) in [6.45, 7) is 4.51. The molecule has 0 aliphatic heterocycles. The Morgan fingerprint density at radius 3 is 2.32 bits per heavy atom. The largest absolute Gasteiger partial charge is 0.450 e. The van der Waals surface area contributed by atoms with Gasteiger partial charge in [0.25, 0.3) is 0 Å². The minimum Gasteiger partial charge on any atom is -0.450 e. The molecule has 0 aliphatic carbocycles. The van der Waals surface area contributed by atoms with Crippen LogP contribution in [0.5, 0.6) is 0 Å². The summed E-state index contributed by atoms with van der Waals surface area (Å²) in [5.74, 6) is 0. The molecule has 0 saturated heterocycles. The summed E-state index contributed by atoms with van der Waals surface area (Å²) >= 11 is -2.00. The minimum absolute atomic E-state index is 0.300. The quantitative estimate of drug-likeness (QED) is 0.343. The molecule has 1 unspecified atom stereocenters. The molecule has 0 radical (unpaired) electrons. The maximum atomic E-state index is 11.0. The van der Waals surface area contributed by atoms with E-state index in [4.69, 9.17) is 18.8 Å². The zero-order valence-electron chi connectivity index (χ0n) is 11.1. The number of amides is 1. The van der Waals surface area contributed by atoms with Gasteiger partial charge in [-0.2, -0.15) is 0 Å². The third-order valence-electron chi connectivity index (χ3n) is 1.80. The maximum absolute atomic E-state index is 11.0. The van der Waals surface area contributed by atoms with Crippen LogP contribution in [0.15, 0.2) is 0 Å². The number of alkyl carbamates (subject to hydrolysis) is 1. The van der Waals surface area contributed by atoms with E-state index < -0.39 is 17.4 Å². The number of ether oxygens (including phenoxy) is 3. The van der Waals surface area contributed by atoms with Gasteiger partial charge in [-0.1, -0.05) is 6.92 Å². The van der Waals surface area contributed by atoms with E-state index in [1.165, 1.54) is 0 Å². The lowest BCUT2D eigenvalue weighted by Crippen LogP contribution is -2.28. The number of carbonyl (C=O) groups is 1. The Bertz CT molecular complexity index is 254. The molecule has 0 rings (SSSR count). The molecule has 0 heterocycles. The van der Waals surface area contributed by atoms with Crippen LogP contribution in [-0.4, -0.2) is 61.0 Å². The zero-order chi connectivity index (χ0) is 14.3. The van der Waals surface area contributed by atoms with Crippen LogP contribution in [0, 0.1) is 0 Å². The van der Waals surface area contributed by atoms with Crippen molar-refractivity contribution < 1.29 is 27.8 Å². The minimum atomic E-state index is -2.00. The van der Waals surface area contributed by atoms with Crippen LogP contribution >= 0.6 is 0 Å². The number of carbonyl (C=O) groups excluding carboxylic acids is 1. The van der Waals surface area contributed by atoms with Gasteiger partial charge in [-0.25, -0.2) is 13.7 Å². The SMILES string of the molecule is CCCOC(=O)NCCOCCOCCNS(=O)O. The standard InChI is InChI=1S/C10H22N2O6S/c1-2-5-18-10(13)11-3-6-16-8-9-17-7-4-12-19(14)15/h12H,2-9H2,1H3,(H,11,13)(H,14,15). The van der Waals surface area contributed by atoms with Gasteiger partial charge in [0.2, 0.25) is 11.3 Å². The summed E-state index contributed by atoms with van der Waals surface area (Å²) < 4.78 is 36.0. The molecule has 0 saturated carbocycles. The Balaban J connectivity index is 3.10. The van der Waals surface area contributed by atoms with Crippen molar-refractivity contribution in [3.05, 3.63) is 0 Å². The lowest BCUT2D eigenvalue weighted by Gasteiger charge is -2.07. The number of rotatable bonds is 12. The molecule has 114 valence electrons. The average molecular weight is 298 g/mol. The Labute approximate surface area is 115 Å². The first-order valence-electron chi connectivity index (χ1n) is 6.07. The van der Waals surface area contributed by atoms with Crippen LogP contribution < -0.4 is 10.0 Å². The first-order chi connectivity index (χ1) is 9.16. The van der Waals surface area contributed by atoms with Gasteiger partial charge < -0.3 is 19.5 Å². The van der Waals surface area contributed by atoms with Crippen molar-refractivity contribution in [1.82, 2.24) is 10.0 Å². The van der Waals surface area contributed by atoms with Crippen LogP contribution in [0.1, 0.15) is 13.3 Å². The molecule has 0 aliphatic rings. The van der Waals surface area contributed by atoms with Crippen LogP contribution in [0.3, 0.4) is 0 Å².